The molecule has 2 heterocycles. The number of pyridine rings is 2. The summed E-state index contributed by atoms with van der Waals surface area (Å²) in [5.74, 6) is 0. The van der Waals surface area contributed by atoms with Crippen LogP contribution in [0.3, 0.4) is 0 Å². The van der Waals surface area contributed by atoms with Crippen LogP contribution >= 0.6 is 27.5 Å². The van der Waals surface area contributed by atoms with Crippen molar-refractivity contribution in [2.75, 3.05) is 6.54 Å². The highest BCUT2D eigenvalue weighted by atomic mass is 79.9. The first kappa shape index (κ1) is 17.8. The van der Waals surface area contributed by atoms with Crippen LogP contribution in [0.5, 0.6) is 0 Å². The maximum Gasteiger partial charge on any atom is 0.244 e. The number of halogens is 2. The van der Waals surface area contributed by atoms with Crippen LogP contribution in [-0.4, -0.2) is 29.2 Å². The van der Waals surface area contributed by atoms with Crippen molar-refractivity contribution in [3.05, 3.63) is 52.0 Å². The van der Waals surface area contributed by atoms with Crippen molar-refractivity contribution in [2.45, 2.75) is 17.9 Å². The predicted molar refractivity (Wildman–Crippen MR) is 89.0 cm³/mol. The Bertz CT molecular complexity index is 824. The standard InChI is InChI=1S/C14H12BrClN4O2S/c15-13-7-12(9-19-14(13)16)23(21,22)20(6-2-4-17)10-11-3-1-5-18-8-11/h1,3,5,7-9H,2,6,10H2. The molecule has 0 amide bonds. The molecule has 2 rings (SSSR count). The number of hydrogen-bond donors (Lipinski definition) is 0. The first-order valence-electron chi connectivity index (χ1n) is 6.52. The fraction of sp³-hybridized carbons (Fsp3) is 0.214. The van der Waals surface area contributed by atoms with Gasteiger partial charge in [0.1, 0.15) is 10.0 Å². The molecular formula is C14H12BrClN4O2S. The lowest BCUT2D eigenvalue weighted by atomic mass is 10.3. The molecule has 23 heavy (non-hydrogen) atoms. The van der Waals surface area contributed by atoms with Crippen molar-refractivity contribution in [1.29, 1.82) is 5.26 Å². The minimum Gasteiger partial charge on any atom is -0.264 e. The summed E-state index contributed by atoms with van der Waals surface area (Å²) in [6.45, 7) is 0.200. The van der Waals surface area contributed by atoms with Gasteiger partial charge in [0.2, 0.25) is 10.0 Å². The molecule has 0 saturated heterocycles. The van der Waals surface area contributed by atoms with E-state index in [1.54, 1.807) is 24.5 Å². The van der Waals surface area contributed by atoms with Gasteiger partial charge in [-0.2, -0.15) is 9.57 Å². The van der Waals surface area contributed by atoms with Crippen molar-refractivity contribution >= 4 is 37.6 Å². The number of nitriles is 1. The van der Waals surface area contributed by atoms with Crippen LogP contribution < -0.4 is 0 Å². The first-order chi connectivity index (χ1) is 10.9. The van der Waals surface area contributed by atoms with Crippen molar-refractivity contribution in [3.63, 3.8) is 0 Å². The zero-order chi connectivity index (χ0) is 16.9. The van der Waals surface area contributed by atoms with Crippen molar-refractivity contribution in [2.24, 2.45) is 0 Å². The van der Waals surface area contributed by atoms with Crippen molar-refractivity contribution < 1.29 is 8.42 Å². The number of hydrogen-bond acceptors (Lipinski definition) is 5. The SMILES string of the molecule is N#CCCN(Cc1cccnc1)S(=O)(=O)c1cnc(Cl)c(Br)c1. The fourth-order valence-electron chi connectivity index (χ4n) is 1.85. The van der Waals surface area contributed by atoms with Gasteiger partial charge in [0.25, 0.3) is 0 Å². The molecule has 0 aliphatic heterocycles. The van der Waals surface area contributed by atoms with E-state index in [-0.39, 0.29) is 29.6 Å². The minimum absolute atomic E-state index is 0.00982. The van der Waals surface area contributed by atoms with Gasteiger partial charge in [0, 0.05) is 38.1 Å². The Morgan fingerprint density at radius 1 is 1.39 bits per heavy atom. The Balaban J connectivity index is 2.36. The van der Waals surface area contributed by atoms with E-state index in [1.165, 1.54) is 16.6 Å². The molecule has 2 aromatic rings. The van der Waals surface area contributed by atoms with E-state index in [1.807, 2.05) is 6.07 Å². The van der Waals surface area contributed by atoms with E-state index >= 15 is 0 Å². The number of sulfonamides is 1. The third kappa shape index (κ3) is 4.48. The van der Waals surface area contributed by atoms with Gasteiger partial charge in [-0.25, -0.2) is 13.4 Å². The van der Waals surface area contributed by atoms with Crippen molar-refractivity contribution in [3.8, 4) is 6.07 Å². The molecular weight excluding hydrogens is 404 g/mol. The van der Waals surface area contributed by atoms with Gasteiger partial charge in [-0.15, -0.1) is 0 Å². The Morgan fingerprint density at radius 3 is 2.78 bits per heavy atom. The van der Waals surface area contributed by atoms with E-state index in [2.05, 4.69) is 25.9 Å². The van der Waals surface area contributed by atoms with Gasteiger partial charge in [-0.05, 0) is 33.6 Å². The summed E-state index contributed by atoms with van der Waals surface area (Å²) < 4.78 is 27.2. The number of nitrogens with zero attached hydrogens (tertiary/aromatic N) is 4. The zero-order valence-electron chi connectivity index (χ0n) is 11.9. The second kappa shape index (κ2) is 7.84. The van der Waals surface area contributed by atoms with Crippen LogP contribution in [0.1, 0.15) is 12.0 Å². The molecule has 0 fully saturated rings. The van der Waals surface area contributed by atoms with Crippen LogP contribution in [-0.2, 0) is 16.6 Å². The third-order valence-electron chi connectivity index (χ3n) is 2.96. The van der Waals surface area contributed by atoms with Crippen LogP contribution in [0.15, 0.2) is 46.2 Å². The summed E-state index contributed by atoms with van der Waals surface area (Å²) in [7, 11) is -3.81. The van der Waals surface area contributed by atoms with E-state index in [0.717, 1.165) is 5.56 Å². The first-order valence-corrected chi connectivity index (χ1v) is 9.13. The number of rotatable bonds is 6. The van der Waals surface area contributed by atoms with Crippen LogP contribution in [0.4, 0.5) is 0 Å². The number of aromatic nitrogens is 2. The second-order valence-electron chi connectivity index (χ2n) is 4.55. The molecule has 0 saturated carbocycles. The minimum atomic E-state index is -3.81. The van der Waals surface area contributed by atoms with Gasteiger partial charge in [0.15, 0.2) is 0 Å². The lowest BCUT2D eigenvalue weighted by Gasteiger charge is -2.21. The van der Waals surface area contributed by atoms with Crippen LogP contribution in [0.25, 0.3) is 0 Å². The molecule has 0 aromatic carbocycles. The predicted octanol–water partition coefficient (Wildman–Crippen LogP) is 3.00. The maximum absolute atomic E-state index is 12.8. The van der Waals surface area contributed by atoms with E-state index < -0.39 is 10.0 Å². The molecule has 6 nitrogen and oxygen atoms in total. The molecule has 2 aromatic heterocycles. The highest BCUT2D eigenvalue weighted by Gasteiger charge is 2.25. The summed E-state index contributed by atoms with van der Waals surface area (Å²) >= 11 is 8.97. The Labute approximate surface area is 147 Å². The summed E-state index contributed by atoms with van der Waals surface area (Å²) in [6, 6.07) is 6.86. The fourth-order valence-corrected chi connectivity index (χ4v) is 3.85. The molecule has 0 atom stereocenters. The molecule has 120 valence electrons. The highest BCUT2D eigenvalue weighted by molar-refractivity contribution is 9.10. The van der Waals surface area contributed by atoms with Gasteiger partial charge in [-0.1, -0.05) is 17.7 Å². The quantitative estimate of drug-likeness (QED) is 0.677. The van der Waals surface area contributed by atoms with Crippen LogP contribution in [0, 0.1) is 11.3 Å². The van der Waals surface area contributed by atoms with Gasteiger partial charge in [0.05, 0.1) is 10.5 Å². The lowest BCUT2D eigenvalue weighted by molar-refractivity contribution is 0.412. The summed E-state index contributed by atoms with van der Waals surface area (Å²) in [4.78, 5) is 7.83. The van der Waals surface area contributed by atoms with Crippen molar-refractivity contribution in [1.82, 2.24) is 14.3 Å². The topological polar surface area (TPSA) is 87.0 Å². The molecule has 0 N–H and O–H groups in total. The summed E-state index contributed by atoms with van der Waals surface area (Å²) in [5, 5.41) is 8.96. The average Bonchev–Trinajstić information content (AvgIpc) is 2.54. The molecule has 0 radical (unpaired) electrons. The largest absolute Gasteiger partial charge is 0.264 e. The molecule has 0 unspecified atom stereocenters. The third-order valence-corrected chi connectivity index (χ3v) is 5.91. The molecule has 0 aliphatic carbocycles. The van der Waals surface area contributed by atoms with Gasteiger partial charge in [-0.3, -0.25) is 4.98 Å². The molecule has 9 heteroatoms. The molecule has 0 spiro atoms. The summed E-state index contributed by atoms with van der Waals surface area (Å²) in [6.07, 6.45) is 4.48. The highest BCUT2D eigenvalue weighted by Crippen LogP contribution is 2.25. The molecule has 0 aliphatic rings. The normalized spacial score (nSPS) is 11.4. The Kier molecular flexibility index (Phi) is 6.07. The maximum atomic E-state index is 12.8. The van der Waals surface area contributed by atoms with Gasteiger partial charge >= 0.3 is 0 Å². The van der Waals surface area contributed by atoms with E-state index in [0.29, 0.717) is 4.47 Å². The van der Waals surface area contributed by atoms with E-state index in [4.69, 9.17) is 16.9 Å². The van der Waals surface area contributed by atoms with Gasteiger partial charge < -0.3 is 0 Å². The Morgan fingerprint density at radius 2 is 2.17 bits per heavy atom. The van der Waals surface area contributed by atoms with Crippen LogP contribution in [0.2, 0.25) is 5.15 Å². The second-order valence-corrected chi connectivity index (χ2v) is 7.70. The lowest BCUT2D eigenvalue weighted by Crippen LogP contribution is -2.31. The summed E-state index contributed by atoms with van der Waals surface area (Å²) in [5.41, 5.74) is 0.731. The molecule has 0 bridgehead atoms. The van der Waals surface area contributed by atoms with E-state index in [9.17, 15) is 8.42 Å². The average molecular weight is 416 g/mol. The Hall–Kier alpha value is -1.53. The smallest absolute Gasteiger partial charge is 0.244 e. The zero-order valence-corrected chi connectivity index (χ0v) is 15.0. The monoisotopic (exact) mass is 414 g/mol.